The van der Waals surface area contributed by atoms with Crippen molar-refractivity contribution in [2.24, 2.45) is 0 Å². The zero-order valence-electron chi connectivity index (χ0n) is 11.3. The van der Waals surface area contributed by atoms with Crippen LogP contribution in [-0.4, -0.2) is 18.1 Å². The molecule has 3 nitrogen and oxygen atoms in total. The first-order valence-corrected chi connectivity index (χ1v) is 6.81. The van der Waals surface area contributed by atoms with E-state index < -0.39 is 0 Å². The van der Waals surface area contributed by atoms with Crippen LogP contribution in [0.25, 0.3) is 22.0 Å². The molecule has 0 N–H and O–H groups in total. The number of carbonyl (C=O) groups excluding carboxylic acids is 1. The number of fused-ring (bicyclic) bond motifs is 1. The van der Waals surface area contributed by atoms with Gasteiger partial charge in [-0.05, 0) is 23.8 Å². The number of hydrogen-bond acceptors (Lipinski definition) is 3. The van der Waals surface area contributed by atoms with Gasteiger partial charge < -0.3 is 4.74 Å². The summed E-state index contributed by atoms with van der Waals surface area (Å²) in [7, 11) is 1.35. The number of ether oxygens (including phenoxy) is 1. The summed E-state index contributed by atoms with van der Waals surface area (Å²) >= 11 is 6.28. The van der Waals surface area contributed by atoms with Crippen LogP contribution in [0.1, 0.15) is 10.4 Å². The van der Waals surface area contributed by atoms with Gasteiger partial charge in [-0.25, -0.2) is 9.78 Å². The summed E-state index contributed by atoms with van der Waals surface area (Å²) in [6, 6.07) is 17.1. The van der Waals surface area contributed by atoms with Crippen LogP contribution < -0.4 is 0 Å². The van der Waals surface area contributed by atoms with Crippen molar-refractivity contribution in [1.29, 1.82) is 0 Å². The first-order valence-electron chi connectivity index (χ1n) is 6.43. The molecule has 0 amide bonds. The standard InChI is InChI=1S/C17H12ClNO2/c1-21-17(20)13-8-7-12-9-14(11-5-3-2-4-6-11)16(18)19-15(12)10-13/h2-10H,1H3. The van der Waals surface area contributed by atoms with E-state index in [0.717, 1.165) is 16.5 Å². The number of hydrogen-bond donors (Lipinski definition) is 0. The number of benzene rings is 2. The molecule has 0 fully saturated rings. The topological polar surface area (TPSA) is 39.2 Å². The average molecular weight is 298 g/mol. The van der Waals surface area contributed by atoms with Gasteiger partial charge in [0.2, 0.25) is 0 Å². The first kappa shape index (κ1) is 13.6. The molecule has 1 heterocycles. The van der Waals surface area contributed by atoms with E-state index in [1.54, 1.807) is 12.1 Å². The Morgan fingerprint density at radius 3 is 2.57 bits per heavy atom. The van der Waals surface area contributed by atoms with Gasteiger partial charge >= 0.3 is 5.97 Å². The maximum atomic E-state index is 11.5. The minimum atomic E-state index is -0.387. The van der Waals surface area contributed by atoms with E-state index in [-0.39, 0.29) is 5.97 Å². The Morgan fingerprint density at radius 2 is 1.86 bits per heavy atom. The number of aromatic nitrogens is 1. The summed E-state index contributed by atoms with van der Waals surface area (Å²) in [6.45, 7) is 0. The Bertz CT molecular complexity index is 816. The van der Waals surface area contributed by atoms with Gasteiger partial charge in [0.05, 0.1) is 18.2 Å². The molecule has 0 saturated heterocycles. The van der Waals surface area contributed by atoms with Crippen LogP contribution in [0.5, 0.6) is 0 Å². The Labute approximate surface area is 127 Å². The lowest BCUT2D eigenvalue weighted by atomic mass is 10.0. The fourth-order valence-corrected chi connectivity index (χ4v) is 2.46. The van der Waals surface area contributed by atoms with Crippen molar-refractivity contribution in [3.05, 3.63) is 65.3 Å². The van der Waals surface area contributed by atoms with Crippen LogP contribution in [0.3, 0.4) is 0 Å². The molecule has 2 aromatic carbocycles. The highest BCUT2D eigenvalue weighted by atomic mass is 35.5. The number of pyridine rings is 1. The predicted molar refractivity (Wildman–Crippen MR) is 83.5 cm³/mol. The van der Waals surface area contributed by atoms with E-state index in [1.165, 1.54) is 7.11 Å². The van der Waals surface area contributed by atoms with E-state index in [2.05, 4.69) is 4.98 Å². The van der Waals surface area contributed by atoms with Gasteiger partial charge in [0.15, 0.2) is 0 Å². The third-order valence-corrected chi connectivity index (χ3v) is 3.57. The van der Waals surface area contributed by atoms with Crippen molar-refractivity contribution in [3.8, 4) is 11.1 Å². The molecular formula is C17H12ClNO2. The van der Waals surface area contributed by atoms with Gasteiger partial charge in [0, 0.05) is 10.9 Å². The van der Waals surface area contributed by atoms with Crippen molar-refractivity contribution in [3.63, 3.8) is 0 Å². The van der Waals surface area contributed by atoms with Gasteiger partial charge in [-0.15, -0.1) is 0 Å². The lowest BCUT2D eigenvalue weighted by Gasteiger charge is -2.07. The fourth-order valence-electron chi connectivity index (χ4n) is 2.21. The molecule has 0 atom stereocenters. The van der Waals surface area contributed by atoms with Gasteiger partial charge in [0.25, 0.3) is 0 Å². The minimum Gasteiger partial charge on any atom is -0.465 e. The van der Waals surface area contributed by atoms with E-state index in [9.17, 15) is 4.79 Å². The van der Waals surface area contributed by atoms with Crippen LogP contribution in [-0.2, 0) is 4.74 Å². The molecule has 3 aromatic rings. The number of rotatable bonds is 2. The summed E-state index contributed by atoms with van der Waals surface area (Å²) in [5.74, 6) is -0.387. The summed E-state index contributed by atoms with van der Waals surface area (Å²) < 4.78 is 4.71. The Kier molecular flexibility index (Phi) is 3.59. The largest absolute Gasteiger partial charge is 0.465 e. The van der Waals surface area contributed by atoms with Crippen LogP contribution in [0.2, 0.25) is 5.15 Å². The molecule has 0 aliphatic rings. The normalized spacial score (nSPS) is 10.6. The fraction of sp³-hybridized carbons (Fsp3) is 0.0588. The Morgan fingerprint density at radius 1 is 1.10 bits per heavy atom. The van der Waals surface area contributed by atoms with Crippen LogP contribution in [0, 0.1) is 0 Å². The quantitative estimate of drug-likeness (QED) is 0.522. The first-order chi connectivity index (χ1) is 10.2. The minimum absolute atomic E-state index is 0.387. The summed E-state index contributed by atoms with van der Waals surface area (Å²) in [5, 5.41) is 1.33. The highest BCUT2D eigenvalue weighted by molar-refractivity contribution is 6.32. The van der Waals surface area contributed by atoms with E-state index in [1.807, 2.05) is 42.5 Å². The zero-order valence-corrected chi connectivity index (χ0v) is 12.1. The second kappa shape index (κ2) is 5.54. The van der Waals surface area contributed by atoms with Crippen molar-refractivity contribution in [1.82, 2.24) is 4.98 Å². The lowest BCUT2D eigenvalue weighted by Crippen LogP contribution is -2.01. The molecular weight excluding hydrogens is 286 g/mol. The molecule has 21 heavy (non-hydrogen) atoms. The number of nitrogens with zero attached hydrogens (tertiary/aromatic N) is 1. The van der Waals surface area contributed by atoms with E-state index >= 15 is 0 Å². The van der Waals surface area contributed by atoms with Crippen LogP contribution >= 0.6 is 11.6 Å². The average Bonchev–Trinajstić information content (AvgIpc) is 2.53. The number of esters is 1. The maximum Gasteiger partial charge on any atom is 0.337 e. The lowest BCUT2D eigenvalue weighted by molar-refractivity contribution is 0.0601. The van der Waals surface area contributed by atoms with Crippen molar-refractivity contribution < 1.29 is 9.53 Å². The predicted octanol–water partition coefficient (Wildman–Crippen LogP) is 4.34. The molecule has 0 bridgehead atoms. The molecule has 0 spiro atoms. The smallest absolute Gasteiger partial charge is 0.337 e. The number of halogens is 1. The summed E-state index contributed by atoms with van der Waals surface area (Å²) in [5.41, 5.74) is 3.01. The van der Waals surface area contributed by atoms with Crippen molar-refractivity contribution >= 4 is 28.5 Å². The van der Waals surface area contributed by atoms with Gasteiger partial charge in [-0.2, -0.15) is 0 Å². The van der Waals surface area contributed by atoms with Crippen molar-refractivity contribution in [2.75, 3.05) is 7.11 Å². The molecule has 0 aliphatic carbocycles. The molecule has 0 unspecified atom stereocenters. The molecule has 4 heteroatoms. The van der Waals surface area contributed by atoms with Gasteiger partial charge in [-0.3, -0.25) is 0 Å². The monoisotopic (exact) mass is 297 g/mol. The third kappa shape index (κ3) is 2.60. The third-order valence-electron chi connectivity index (χ3n) is 3.28. The zero-order chi connectivity index (χ0) is 14.8. The number of methoxy groups -OCH3 is 1. The second-order valence-corrected chi connectivity index (χ2v) is 4.95. The molecule has 0 saturated carbocycles. The summed E-state index contributed by atoms with van der Waals surface area (Å²) in [6.07, 6.45) is 0. The second-order valence-electron chi connectivity index (χ2n) is 4.59. The Hall–Kier alpha value is -2.39. The van der Waals surface area contributed by atoms with Crippen LogP contribution in [0.4, 0.5) is 0 Å². The SMILES string of the molecule is COC(=O)c1ccc2cc(-c3ccccc3)c(Cl)nc2c1. The molecule has 104 valence electrons. The van der Waals surface area contributed by atoms with Crippen LogP contribution in [0.15, 0.2) is 54.6 Å². The van der Waals surface area contributed by atoms with E-state index in [0.29, 0.717) is 16.2 Å². The molecule has 3 rings (SSSR count). The number of carbonyl (C=O) groups is 1. The highest BCUT2D eigenvalue weighted by Gasteiger charge is 2.10. The molecule has 0 aliphatic heterocycles. The van der Waals surface area contributed by atoms with Crippen molar-refractivity contribution in [2.45, 2.75) is 0 Å². The molecule has 1 aromatic heterocycles. The Balaban J connectivity index is 2.15. The summed E-state index contributed by atoms with van der Waals surface area (Å²) in [4.78, 5) is 15.9. The van der Waals surface area contributed by atoms with Gasteiger partial charge in [0.1, 0.15) is 5.15 Å². The molecule has 0 radical (unpaired) electrons. The maximum absolute atomic E-state index is 11.5. The van der Waals surface area contributed by atoms with E-state index in [4.69, 9.17) is 16.3 Å². The van der Waals surface area contributed by atoms with Gasteiger partial charge in [-0.1, -0.05) is 48.0 Å². The highest BCUT2D eigenvalue weighted by Crippen LogP contribution is 2.30.